The molecule has 5 aromatic rings. The fourth-order valence-electron chi connectivity index (χ4n) is 3.42. The van der Waals surface area contributed by atoms with E-state index in [1.54, 1.807) is 23.5 Å². The summed E-state index contributed by atoms with van der Waals surface area (Å²) >= 11 is 1.62. The van der Waals surface area contributed by atoms with Crippen molar-refractivity contribution in [3.63, 3.8) is 0 Å². The Morgan fingerprint density at radius 3 is 2.25 bits per heavy atom. The van der Waals surface area contributed by atoms with Crippen molar-refractivity contribution in [1.29, 1.82) is 0 Å². The highest BCUT2D eigenvalue weighted by Gasteiger charge is 2.11. The molecule has 156 valence electrons. The van der Waals surface area contributed by atoms with Crippen molar-refractivity contribution in [2.45, 2.75) is 13.8 Å². The first kappa shape index (κ1) is 20.0. The second kappa shape index (κ2) is 8.32. The molecule has 0 aliphatic rings. The zero-order valence-corrected chi connectivity index (χ0v) is 18.5. The number of aromatic nitrogens is 3. The second-order valence-electron chi connectivity index (χ2n) is 7.53. The van der Waals surface area contributed by atoms with Crippen LogP contribution >= 0.6 is 11.3 Å². The molecule has 0 radical (unpaired) electrons. The van der Waals surface area contributed by atoms with Gasteiger partial charge in [-0.2, -0.15) is 0 Å². The first-order valence-corrected chi connectivity index (χ1v) is 11.1. The number of nitrogens with zero attached hydrogens (tertiary/aromatic N) is 3. The summed E-state index contributed by atoms with van der Waals surface area (Å²) in [5, 5.41) is 5.99. The summed E-state index contributed by atoms with van der Waals surface area (Å²) in [6.07, 6.45) is 0. The van der Waals surface area contributed by atoms with Gasteiger partial charge in [-0.25, -0.2) is 15.0 Å². The number of thiazole rings is 1. The molecule has 0 saturated heterocycles. The van der Waals surface area contributed by atoms with Crippen LogP contribution in [0, 0.1) is 13.8 Å². The molecule has 0 spiro atoms. The van der Waals surface area contributed by atoms with Crippen LogP contribution in [0.15, 0.2) is 78.2 Å². The molecule has 32 heavy (non-hydrogen) atoms. The van der Waals surface area contributed by atoms with Crippen molar-refractivity contribution in [1.82, 2.24) is 15.0 Å². The lowest BCUT2D eigenvalue weighted by molar-refractivity contribution is 0.102. The number of fused-ring (bicyclic) bond motifs is 1. The molecule has 0 atom stereocenters. The molecule has 6 heteroatoms. The predicted octanol–water partition coefficient (Wildman–Crippen LogP) is 6.29. The number of anilines is 1. The third-order valence-corrected chi connectivity index (χ3v) is 6.19. The number of carbonyl (C=O) groups excluding carboxylic acids is 1. The van der Waals surface area contributed by atoms with Crippen LogP contribution in [-0.2, 0) is 0 Å². The summed E-state index contributed by atoms with van der Waals surface area (Å²) < 4.78 is 0. The van der Waals surface area contributed by atoms with Gasteiger partial charge in [-0.3, -0.25) is 4.79 Å². The maximum absolute atomic E-state index is 12.8. The fraction of sp³-hybridized carbons (Fsp3) is 0.0769. The SMILES string of the molecule is Cc1nc2ccc(C(=O)Nc3ccc(-c4csc(-c5ccccc5)n4)cc3)cc2nc1C. The van der Waals surface area contributed by atoms with E-state index in [0.717, 1.165) is 44.4 Å². The predicted molar refractivity (Wildman–Crippen MR) is 130 cm³/mol. The number of carbonyl (C=O) groups is 1. The van der Waals surface area contributed by atoms with Crippen LogP contribution in [0.2, 0.25) is 0 Å². The highest BCUT2D eigenvalue weighted by Crippen LogP contribution is 2.29. The van der Waals surface area contributed by atoms with Crippen molar-refractivity contribution in [2.24, 2.45) is 0 Å². The number of aryl methyl sites for hydroxylation is 2. The zero-order valence-electron chi connectivity index (χ0n) is 17.7. The van der Waals surface area contributed by atoms with Crippen LogP contribution < -0.4 is 5.32 Å². The summed E-state index contributed by atoms with van der Waals surface area (Å²) in [6, 6.07) is 23.2. The monoisotopic (exact) mass is 436 g/mol. The molecule has 0 aliphatic carbocycles. The van der Waals surface area contributed by atoms with Crippen molar-refractivity contribution < 1.29 is 4.79 Å². The maximum atomic E-state index is 12.8. The smallest absolute Gasteiger partial charge is 0.255 e. The van der Waals surface area contributed by atoms with Crippen molar-refractivity contribution in [3.8, 4) is 21.8 Å². The molecule has 1 N–H and O–H groups in total. The largest absolute Gasteiger partial charge is 0.322 e. The van der Waals surface area contributed by atoms with Gasteiger partial charge < -0.3 is 5.32 Å². The van der Waals surface area contributed by atoms with E-state index in [9.17, 15) is 4.79 Å². The summed E-state index contributed by atoms with van der Waals surface area (Å²) in [4.78, 5) is 26.6. The Morgan fingerprint density at radius 1 is 0.781 bits per heavy atom. The number of amides is 1. The topological polar surface area (TPSA) is 67.8 Å². The first-order chi connectivity index (χ1) is 15.6. The van der Waals surface area contributed by atoms with E-state index in [-0.39, 0.29) is 5.91 Å². The number of hydrogen-bond acceptors (Lipinski definition) is 5. The van der Waals surface area contributed by atoms with E-state index in [2.05, 4.69) is 32.8 Å². The van der Waals surface area contributed by atoms with Gasteiger partial charge in [0.25, 0.3) is 5.91 Å². The Bertz CT molecular complexity index is 1430. The Morgan fingerprint density at radius 2 is 1.50 bits per heavy atom. The molecule has 2 heterocycles. The zero-order chi connectivity index (χ0) is 22.1. The Labute approximate surface area is 189 Å². The molecule has 0 saturated carbocycles. The average Bonchev–Trinajstić information content (AvgIpc) is 3.31. The normalized spacial score (nSPS) is 10.9. The van der Waals surface area contributed by atoms with Crippen LogP contribution in [0.25, 0.3) is 32.9 Å². The highest BCUT2D eigenvalue weighted by atomic mass is 32.1. The van der Waals surface area contributed by atoms with Crippen LogP contribution in [0.1, 0.15) is 21.7 Å². The molecule has 0 aliphatic heterocycles. The molecule has 1 amide bonds. The molecular formula is C26H20N4OS. The van der Waals surface area contributed by atoms with Crippen LogP contribution in [0.3, 0.4) is 0 Å². The standard InChI is InChI=1S/C26H20N4OS/c1-16-17(2)28-23-14-20(10-13-22(23)27-16)25(31)29-21-11-8-18(9-12-21)24-15-32-26(30-24)19-6-4-3-5-7-19/h3-15H,1-2H3,(H,29,31). The summed E-state index contributed by atoms with van der Waals surface area (Å²) in [5.74, 6) is -0.181. The van der Waals surface area contributed by atoms with Crippen molar-refractivity contribution in [3.05, 3.63) is 95.1 Å². The molecule has 5 nitrogen and oxygen atoms in total. The van der Waals surface area contributed by atoms with Gasteiger partial charge in [-0.1, -0.05) is 42.5 Å². The van der Waals surface area contributed by atoms with Gasteiger partial charge in [0.1, 0.15) is 5.01 Å². The van der Waals surface area contributed by atoms with Gasteiger partial charge in [0.05, 0.1) is 28.1 Å². The van der Waals surface area contributed by atoms with Crippen molar-refractivity contribution >= 4 is 34.0 Å². The lowest BCUT2D eigenvalue weighted by Crippen LogP contribution is -2.12. The van der Waals surface area contributed by atoms with Gasteiger partial charge in [0, 0.05) is 27.8 Å². The second-order valence-corrected chi connectivity index (χ2v) is 8.39. The van der Waals surface area contributed by atoms with E-state index in [1.807, 2.05) is 62.4 Å². The van der Waals surface area contributed by atoms with Crippen molar-refractivity contribution in [2.75, 3.05) is 5.32 Å². The minimum absolute atomic E-state index is 0.181. The van der Waals surface area contributed by atoms with Crippen LogP contribution in [-0.4, -0.2) is 20.9 Å². The summed E-state index contributed by atoms with van der Waals surface area (Å²) in [6.45, 7) is 3.85. The Balaban J connectivity index is 1.33. The quantitative estimate of drug-likeness (QED) is 0.359. The van der Waals surface area contributed by atoms with E-state index < -0.39 is 0 Å². The number of benzene rings is 3. The third kappa shape index (κ3) is 4.00. The summed E-state index contributed by atoms with van der Waals surface area (Å²) in [7, 11) is 0. The first-order valence-electron chi connectivity index (χ1n) is 10.2. The molecule has 3 aromatic carbocycles. The molecule has 0 unspecified atom stereocenters. The molecule has 5 rings (SSSR count). The minimum Gasteiger partial charge on any atom is -0.322 e. The Hall–Kier alpha value is -3.90. The average molecular weight is 437 g/mol. The molecule has 2 aromatic heterocycles. The van der Waals surface area contributed by atoms with E-state index in [1.165, 1.54) is 0 Å². The van der Waals surface area contributed by atoms with Gasteiger partial charge in [0.2, 0.25) is 0 Å². The van der Waals surface area contributed by atoms with Crippen LogP contribution in [0.4, 0.5) is 5.69 Å². The lowest BCUT2D eigenvalue weighted by atomic mass is 10.1. The highest BCUT2D eigenvalue weighted by molar-refractivity contribution is 7.13. The van der Waals surface area contributed by atoms with E-state index in [0.29, 0.717) is 11.1 Å². The number of nitrogens with one attached hydrogen (secondary N) is 1. The Kier molecular flexibility index (Phi) is 5.21. The van der Waals surface area contributed by atoms with Gasteiger partial charge in [-0.15, -0.1) is 11.3 Å². The van der Waals surface area contributed by atoms with Gasteiger partial charge in [-0.05, 0) is 44.2 Å². The number of rotatable bonds is 4. The maximum Gasteiger partial charge on any atom is 0.255 e. The third-order valence-electron chi connectivity index (χ3n) is 5.30. The van der Waals surface area contributed by atoms with E-state index in [4.69, 9.17) is 4.98 Å². The van der Waals surface area contributed by atoms with E-state index >= 15 is 0 Å². The molecule has 0 bridgehead atoms. The van der Waals surface area contributed by atoms with Gasteiger partial charge in [0.15, 0.2) is 0 Å². The molecule has 0 fully saturated rings. The summed E-state index contributed by atoms with van der Waals surface area (Å²) in [5.41, 5.74) is 7.57. The lowest BCUT2D eigenvalue weighted by Gasteiger charge is -2.08. The fourth-order valence-corrected chi connectivity index (χ4v) is 4.25. The van der Waals surface area contributed by atoms with Crippen LogP contribution in [0.5, 0.6) is 0 Å². The van der Waals surface area contributed by atoms with Gasteiger partial charge >= 0.3 is 0 Å². The molecular weight excluding hydrogens is 416 g/mol. The number of hydrogen-bond donors (Lipinski definition) is 1. The minimum atomic E-state index is -0.181.